The van der Waals surface area contributed by atoms with Gasteiger partial charge in [0, 0.05) is 17.9 Å². The Balaban J connectivity index is 1.28. The third-order valence-corrected chi connectivity index (χ3v) is 8.33. The number of allylic oxidation sites excluding steroid dienone is 1. The van der Waals surface area contributed by atoms with Crippen LogP contribution in [0.4, 0.5) is 16.0 Å². The van der Waals surface area contributed by atoms with E-state index in [4.69, 9.17) is 14.6 Å². The van der Waals surface area contributed by atoms with Crippen LogP contribution in [0.2, 0.25) is 0 Å². The maximum atomic E-state index is 14.3. The summed E-state index contributed by atoms with van der Waals surface area (Å²) in [5.41, 5.74) is 4.26. The van der Waals surface area contributed by atoms with Crippen LogP contribution in [0.1, 0.15) is 29.7 Å². The van der Waals surface area contributed by atoms with Crippen molar-refractivity contribution < 1.29 is 18.7 Å². The number of carbonyl (C=O) groups is 1. The highest BCUT2D eigenvalue weighted by Gasteiger charge is 2.34. The second-order valence-corrected chi connectivity index (χ2v) is 11.4. The lowest BCUT2D eigenvalue weighted by atomic mass is 9.95. The minimum atomic E-state index is -0.593. The number of carbonyl (C=O) groups excluding carboxylic acids is 1. The number of amides is 1. The summed E-state index contributed by atoms with van der Waals surface area (Å²) in [7, 11) is 1.56. The molecule has 1 aliphatic heterocycles. The summed E-state index contributed by atoms with van der Waals surface area (Å²) in [6.07, 6.45) is 0.793. The molecule has 5 aromatic rings. The average Bonchev–Trinajstić information content (AvgIpc) is 3.47. The molecule has 1 amide bonds. The number of anilines is 2. The van der Waals surface area contributed by atoms with Crippen LogP contribution >= 0.6 is 11.8 Å². The van der Waals surface area contributed by atoms with Gasteiger partial charge in [0.25, 0.3) is 5.91 Å². The number of rotatable bonds is 11. The highest BCUT2D eigenvalue weighted by molar-refractivity contribution is 7.98. The minimum Gasteiger partial charge on any atom is -0.495 e. The van der Waals surface area contributed by atoms with Gasteiger partial charge in [-0.25, -0.2) is 9.07 Å². The van der Waals surface area contributed by atoms with Gasteiger partial charge in [-0.05, 0) is 53.9 Å². The van der Waals surface area contributed by atoms with Gasteiger partial charge in [0.05, 0.1) is 25.0 Å². The minimum absolute atomic E-state index is 0.274. The Kier molecular flexibility index (Phi) is 9.11. The summed E-state index contributed by atoms with van der Waals surface area (Å²) in [4.78, 5) is 18.6. The normalized spacial score (nSPS) is 14.0. The Morgan fingerprint density at radius 2 is 1.71 bits per heavy atom. The van der Waals surface area contributed by atoms with Crippen LogP contribution in [0.25, 0.3) is 0 Å². The number of thioether (sulfide) groups is 1. The molecule has 1 aromatic heterocycles. The van der Waals surface area contributed by atoms with Gasteiger partial charge in [0.2, 0.25) is 11.1 Å². The molecule has 2 heterocycles. The van der Waals surface area contributed by atoms with E-state index in [0.29, 0.717) is 51.7 Å². The molecule has 1 unspecified atom stereocenters. The highest BCUT2D eigenvalue weighted by atomic mass is 32.2. The number of nitrogens with one attached hydrogen (secondary N) is 2. The van der Waals surface area contributed by atoms with E-state index in [0.717, 1.165) is 17.7 Å². The summed E-state index contributed by atoms with van der Waals surface area (Å²) in [6.45, 7) is 2.38. The number of para-hydroxylation sites is 2. The second kappa shape index (κ2) is 13.7. The Bertz CT molecular complexity index is 1830. The largest absolute Gasteiger partial charge is 0.495 e. The Morgan fingerprint density at radius 1 is 0.978 bits per heavy atom. The first-order chi connectivity index (χ1) is 22.0. The van der Waals surface area contributed by atoms with Crippen molar-refractivity contribution in [3.8, 4) is 11.5 Å². The molecule has 4 aromatic carbocycles. The highest BCUT2D eigenvalue weighted by Crippen LogP contribution is 2.38. The van der Waals surface area contributed by atoms with Crippen LogP contribution in [-0.4, -0.2) is 34.4 Å². The summed E-state index contributed by atoms with van der Waals surface area (Å²) >= 11 is 1.33. The second-order valence-electron chi connectivity index (χ2n) is 10.4. The average molecular weight is 622 g/mol. The third-order valence-electron chi connectivity index (χ3n) is 7.45. The molecule has 0 saturated carbocycles. The van der Waals surface area contributed by atoms with Gasteiger partial charge in [0.15, 0.2) is 0 Å². The number of nitrogens with zero attached hydrogens (tertiary/aromatic N) is 3. The SMILES string of the molecule is COc1ccccc1NC(=O)C1=C(C)Nc2nc(SCc3ccccc3F)nn2C1c1ccc(OCCc2ccccc2)cc1. The van der Waals surface area contributed by atoms with E-state index in [1.807, 2.05) is 61.5 Å². The van der Waals surface area contributed by atoms with Crippen molar-refractivity contribution in [1.29, 1.82) is 0 Å². The van der Waals surface area contributed by atoms with Crippen LogP contribution < -0.4 is 20.1 Å². The quantitative estimate of drug-likeness (QED) is 0.150. The van der Waals surface area contributed by atoms with E-state index < -0.39 is 6.04 Å². The summed E-state index contributed by atoms with van der Waals surface area (Å²) in [5, 5.41) is 11.5. The zero-order valence-electron chi connectivity index (χ0n) is 24.9. The lowest BCUT2D eigenvalue weighted by molar-refractivity contribution is -0.113. The van der Waals surface area contributed by atoms with Gasteiger partial charge in [-0.15, -0.1) is 5.10 Å². The molecule has 228 valence electrons. The molecule has 1 aliphatic rings. The molecule has 10 heteroatoms. The molecule has 45 heavy (non-hydrogen) atoms. The molecule has 0 fully saturated rings. The van der Waals surface area contributed by atoms with Crippen LogP contribution in [0, 0.1) is 5.82 Å². The fraction of sp³-hybridized carbons (Fsp3) is 0.171. The lowest BCUT2D eigenvalue weighted by Gasteiger charge is -2.29. The van der Waals surface area contributed by atoms with Crippen LogP contribution in [0.15, 0.2) is 120 Å². The molecular weight excluding hydrogens is 589 g/mol. The number of fused-ring (bicyclic) bond motifs is 1. The van der Waals surface area contributed by atoms with E-state index in [-0.39, 0.29) is 11.7 Å². The van der Waals surface area contributed by atoms with E-state index in [1.54, 1.807) is 42.1 Å². The fourth-order valence-electron chi connectivity index (χ4n) is 5.17. The number of ether oxygens (including phenoxy) is 2. The molecular formula is C35H32FN5O3S. The molecule has 0 aliphatic carbocycles. The lowest BCUT2D eigenvalue weighted by Crippen LogP contribution is -2.31. The Labute approximate surface area is 265 Å². The topological polar surface area (TPSA) is 90.3 Å². The van der Waals surface area contributed by atoms with Crippen molar-refractivity contribution in [2.24, 2.45) is 0 Å². The number of halogens is 1. The number of aromatic nitrogens is 3. The van der Waals surface area contributed by atoms with E-state index in [9.17, 15) is 9.18 Å². The van der Waals surface area contributed by atoms with Crippen molar-refractivity contribution >= 4 is 29.3 Å². The third kappa shape index (κ3) is 6.86. The molecule has 2 N–H and O–H groups in total. The predicted octanol–water partition coefficient (Wildman–Crippen LogP) is 7.27. The smallest absolute Gasteiger partial charge is 0.255 e. The number of hydrogen-bond acceptors (Lipinski definition) is 7. The molecule has 0 saturated heterocycles. The summed E-state index contributed by atoms with van der Waals surface area (Å²) in [6, 6.07) is 31.2. The van der Waals surface area contributed by atoms with Gasteiger partial charge in [0.1, 0.15) is 23.4 Å². The van der Waals surface area contributed by atoms with Crippen molar-refractivity contribution in [3.05, 3.63) is 137 Å². The number of methoxy groups -OCH3 is 1. The molecule has 0 bridgehead atoms. The van der Waals surface area contributed by atoms with Crippen LogP contribution in [0.5, 0.6) is 11.5 Å². The standard InChI is InChI=1S/C35H32FN5O3S/c1-23-31(33(42)38-29-14-8-9-15-30(29)43-2)32(25-16-18-27(19-17-25)44-21-20-24-10-4-3-5-11-24)41-34(37-23)39-35(40-41)45-22-26-12-6-7-13-28(26)36/h3-19,32H,20-22H2,1-2H3,(H,38,42)(H,37,39,40). The first kappa shape index (κ1) is 30.0. The first-order valence-electron chi connectivity index (χ1n) is 14.5. The van der Waals surface area contributed by atoms with Gasteiger partial charge in [-0.1, -0.05) is 84.6 Å². The summed E-state index contributed by atoms with van der Waals surface area (Å²) < 4.78 is 27.5. The van der Waals surface area contributed by atoms with E-state index >= 15 is 0 Å². The molecule has 1 atom stereocenters. The number of hydrogen-bond donors (Lipinski definition) is 2. The summed E-state index contributed by atoms with van der Waals surface area (Å²) in [5.74, 6) is 1.55. The Morgan fingerprint density at radius 3 is 2.49 bits per heavy atom. The van der Waals surface area contributed by atoms with Gasteiger partial charge in [-0.2, -0.15) is 4.98 Å². The maximum Gasteiger partial charge on any atom is 0.255 e. The monoisotopic (exact) mass is 621 g/mol. The zero-order chi connectivity index (χ0) is 31.2. The fourth-order valence-corrected chi connectivity index (χ4v) is 5.98. The van der Waals surface area contributed by atoms with Gasteiger partial charge >= 0.3 is 0 Å². The van der Waals surface area contributed by atoms with Gasteiger partial charge < -0.3 is 20.1 Å². The number of benzene rings is 4. The van der Waals surface area contributed by atoms with E-state index in [2.05, 4.69) is 27.8 Å². The van der Waals surface area contributed by atoms with Crippen molar-refractivity contribution in [1.82, 2.24) is 14.8 Å². The van der Waals surface area contributed by atoms with E-state index in [1.165, 1.54) is 23.4 Å². The molecule has 0 radical (unpaired) electrons. The zero-order valence-corrected chi connectivity index (χ0v) is 25.7. The predicted molar refractivity (Wildman–Crippen MR) is 174 cm³/mol. The van der Waals surface area contributed by atoms with Crippen LogP contribution in [-0.2, 0) is 17.0 Å². The van der Waals surface area contributed by atoms with Crippen molar-refractivity contribution in [3.63, 3.8) is 0 Å². The maximum absolute atomic E-state index is 14.3. The van der Waals surface area contributed by atoms with Crippen LogP contribution in [0.3, 0.4) is 0 Å². The molecule has 8 nitrogen and oxygen atoms in total. The molecule has 6 rings (SSSR count). The van der Waals surface area contributed by atoms with Crippen molar-refractivity contribution in [2.45, 2.75) is 30.3 Å². The Hall–Kier alpha value is -5.09. The molecule has 0 spiro atoms. The van der Waals surface area contributed by atoms with Crippen molar-refractivity contribution in [2.75, 3.05) is 24.4 Å². The first-order valence-corrected chi connectivity index (χ1v) is 15.5. The van der Waals surface area contributed by atoms with Gasteiger partial charge in [-0.3, -0.25) is 4.79 Å².